The first-order chi connectivity index (χ1) is 11.5. The number of rotatable bonds is 5. The van der Waals surface area contributed by atoms with Crippen molar-refractivity contribution in [2.24, 2.45) is 0 Å². The molecule has 0 bridgehead atoms. The van der Waals surface area contributed by atoms with E-state index >= 15 is 0 Å². The number of aromatic nitrogens is 3. The van der Waals surface area contributed by atoms with E-state index < -0.39 is 0 Å². The van der Waals surface area contributed by atoms with E-state index in [2.05, 4.69) is 9.97 Å². The van der Waals surface area contributed by atoms with E-state index in [-0.39, 0.29) is 17.5 Å². The van der Waals surface area contributed by atoms with E-state index in [0.717, 1.165) is 38.0 Å². The fraction of sp³-hybridized carbons (Fsp3) is 0.588. The average molecular weight is 348 g/mol. The van der Waals surface area contributed by atoms with Crippen molar-refractivity contribution in [1.29, 1.82) is 0 Å². The molecule has 1 aliphatic rings. The quantitative estimate of drug-likeness (QED) is 0.666. The molecule has 1 N–H and O–H groups in total. The molecule has 1 saturated heterocycles. The number of likely N-dealkylation sites (tertiary alicyclic amines) is 1. The maximum absolute atomic E-state index is 12.8. The first-order valence-electron chi connectivity index (χ1n) is 8.53. The highest BCUT2D eigenvalue weighted by atomic mass is 32.2. The zero-order chi connectivity index (χ0) is 17.3. The maximum Gasteiger partial charge on any atom is 0.278 e. The molecule has 0 radical (unpaired) electrons. The van der Waals surface area contributed by atoms with Gasteiger partial charge in [-0.2, -0.15) is 0 Å². The second-order valence-corrected chi connectivity index (χ2v) is 7.36. The Morgan fingerprint density at radius 3 is 2.79 bits per heavy atom. The number of nitrogens with one attached hydrogen (secondary N) is 1. The molecule has 0 aromatic carbocycles. The predicted octanol–water partition coefficient (Wildman–Crippen LogP) is 2.72. The standard InChI is InChI=1S/C17H24N4O2S/c1-4-12(3)21-16(23)15-13(9-11(2)18-15)19-17(21)24-10-14(22)20-7-5-6-8-20/h9,12,18H,4-8,10H2,1-3H3/t12-/m0/s1. The molecule has 0 saturated carbocycles. The molecule has 0 unspecified atom stereocenters. The van der Waals surface area contributed by atoms with E-state index in [1.807, 2.05) is 31.7 Å². The highest BCUT2D eigenvalue weighted by Gasteiger charge is 2.21. The van der Waals surface area contributed by atoms with Gasteiger partial charge < -0.3 is 9.88 Å². The Bertz CT molecular complexity index is 805. The number of thioether (sulfide) groups is 1. The molecule has 1 aliphatic heterocycles. The number of aromatic amines is 1. The van der Waals surface area contributed by atoms with E-state index in [0.29, 0.717) is 21.9 Å². The molecule has 130 valence electrons. The van der Waals surface area contributed by atoms with Gasteiger partial charge in [0, 0.05) is 24.8 Å². The minimum Gasteiger partial charge on any atom is -0.353 e. The Hall–Kier alpha value is -1.76. The number of carbonyl (C=O) groups excluding carboxylic acids is 1. The number of aryl methyl sites for hydroxylation is 1. The van der Waals surface area contributed by atoms with Gasteiger partial charge >= 0.3 is 0 Å². The molecular weight excluding hydrogens is 324 g/mol. The first-order valence-corrected chi connectivity index (χ1v) is 9.52. The van der Waals surface area contributed by atoms with Gasteiger partial charge in [-0.25, -0.2) is 4.98 Å². The summed E-state index contributed by atoms with van der Waals surface area (Å²) in [5.74, 6) is 0.463. The molecule has 2 aromatic heterocycles. The predicted molar refractivity (Wildman–Crippen MR) is 96.6 cm³/mol. The summed E-state index contributed by atoms with van der Waals surface area (Å²) in [4.78, 5) is 34.8. The molecule has 0 spiro atoms. The van der Waals surface area contributed by atoms with E-state index in [9.17, 15) is 9.59 Å². The van der Waals surface area contributed by atoms with Gasteiger partial charge in [0.25, 0.3) is 5.56 Å². The van der Waals surface area contributed by atoms with Crippen LogP contribution < -0.4 is 5.56 Å². The molecule has 24 heavy (non-hydrogen) atoms. The summed E-state index contributed by atoms with van der Waals surface area (Å²) >= 11 is 1.37. The third kappa shape index (κ3) is 3.22. The average Bonchev–Trinajstić information content (AvgIpc) is 3.21. The summed E-state index contributed by atoms with van der Waals surface area (Å²) in [7, 11) is 0. The normalized spacial score (nSPS) is 16.0. The number of carbonyl (C=O) groups is 1. The fourth-order valence-electron chi connectivity index (χ4n) is 3.05. The third-order valence-corrected chi connectivity index (χ3v) is 5.54. The Labute approximate surface area is 145 Å². The Morgan fingerprint density at radius 2 is 2.12 bits per heavy atom. The highest BCUT2D eigenvalue weighted by Crippen LogP contribution is 2.23. The summed E-state index contributed by atoms with van der Waals surface area (Å²) in [5.41, 5.74) is 2.08. The number of hydrogen-bond acceptors (Lipinski definition) is 4. The van der Waals surface area contributed by atoms with Crippen LogP contribution in [0.4, 0.5) is 0 Å². The zero-order valence-electron chi connectivity index (χ0n) is 14.5. The minimum atomic E-state index is -0.0569. The summed E-state index contributed by atoms with van der Waals surface area (Å²) in [5, 5.41) is 0.633. The lowest BCUT2D eigenvalue weighted by Crippen LogP contribution is -2.30. The molecule has 3 heterocycles. The number of fused-ring (bicyclic) bond motifs is 1. The monoisotopic (exact) mass is 348 g/mol. The SMILES string of the molecule is CC[C@H](C)n1c(SCC(=O)N2CCCC2)nc2cc(C)[nH]c2c1=O. The summed E-state index contributed by atoms with van der Waals surface area (Å²) in [6.07, 6.45) is 3.00. The van der Waals surface area contributed by atoms with E-state index in [1.165, 1.54) is 11.8 Å². The van der Waals surface area contributed by atoms with Crippen LogP contribution in [0.15, 0.2) is 16.0 Å². The molecule has 6 nitrogen and oxygen atoms in total. The van der Waals surface area contributed by atoms with Crippen molar-refractivity contribution in [3.05, 3.63) is 22.1 Å². The van der Waals surface area contributed by atoms with Gasteiger partial charge in [0.05, 0.1) is 11.3 Å². The van der Waals surface area contributed by atoms with Crippen LogP contribution in [0.2, 0.25) is 0 Å². The van der Waals surface area contributed by atoms with Crippen molar-refractivity contribution in [3.63, 3.8) is 0 Å². The Balaban J connectivity index is 1.92. The van der Waals surface area contributed by atoms with Crippen LogP contribution in [0.25, 0.3) is 11.0 Å². The van der Waals surface area contributed by atoms with Crippen molar-refractivity contribution < 1.29 is 4.79 Å². The number of nitrogens with zero attached hydrogens (tertiary/aromatic N) is 3. The van der Waals surface area contributed by atoms with Crippen LogP contribution in [0, 0.1) is 6.92 Å². The van der Waals surface area contributed by atoms with E-state index in [1.54, 1.807) is 4.57 Å². The summed E-state index contributed by atoms with van der Waals surface area (Å²) < 4.78 is 1.72. The second kappa shape index (κ2) is 7.01. The number of H-pyrrole nitrogens is 1. The number of hydrogen-bond donors (Lipinski definition) is 1. The van der Waals surface area contributed by atoms with Gasteiger partial charge in [-0.1, -0.05) is 18.7 Å². The van der Waals surface area contributed by atoms with Crippen molar-refractivity contribution >= 4 is 28.7 Å². The fourth-order valence-corrected chi connectivity index (χ4v) is 4.05. The molecule has 3 rings (SSSR count). The Kier molecular flexibility index (Phi) is 4.99. The van der Waals surface area contributed by atoms with Crippen LogP contribution in [-0.2, 0) is 4.79 Å². The summed E-state index contributed by atoms with van der Waals surface area (Å²) in [6.45, 7) is 7.67. The lowest BCUT2D eigenvalue weighted by molar-refractivity contribution is -0.127. The third-order valence-electron chi connectivity index (χ3n) is 4.60. The van der Waals surface area contributed by atoms with Crippen LogP contribution in [0.3, 0.4) is 0 Å². The molecule has 1 amide bonds. The van der Waals surface area contributed by atoms with Gasteiger partial charge in [0.1, 0.15) is 5.52 Å². The molecular formula is C17H24N4O2S. The van der Waals surface area contributed by atoms with Gasteiger partial charge in [-0.05, 0) is 39.2 Å². The van der Waals surface area contributed by atoms with Crippen LogP contribution >= 0.6 is 11.8 Å². The zero-order valence-corrected chi connectivity index (χ0v) is 15.3. The van der Waals surface area contributed by atoms with Gasteiger partial charge in [0.15, 0.2) is 5.16 Å². The van der Waals surface area contributed by atoms with Gasteiger partial charge in [-0.3, -0.25) is 14.2 Å². The molecule has 1 fully saturated rings. The highest BCUT2D eigenvalue weighted by molar-refractivity contribution is 7.99. The van der Waals surface area contributed by atoms with Gasteiger partial charge in [0.2, 0.25) is 5.91 Å². The van der Waals surface area contributed by atoms with Crippen LogP contribution in [-0.4, -0.2) is 44.2 Å². The van der Waals surface area contributed by atoms with Crippen molar-refractivity contribution in [3.8, 4) is 0 Å². The topological polar surface area (TPSA) is 71.0 Å². The lowest BCUT2D eigenvalue weighted by Gasteiger charge is -2.18. The lowest BCUT2D eigenvalue weighted by atomic mass is 10.2. The molecule has 1 atom stereocenters. The van der Waals surface area contributed by atoms with Crippen LogP contribution in [0.5, 0.6) is 0 Å². The maximum atomic E-state index is 12.8. The van der Waals surface area contributed by atoms with Crippen molar-refractivity contribution in [2.45, 2.75) is 51.2 Å². The minimum absolute atomic E-state index is 0.0439. The van der Waals surface area contributed by atoms with Crippen molar-refractivity contribution in [2.75, 3.05) is 18.8 Å². The molecule has 0 aliphatic carbocycles. The summed E-state index contributed by atoms with van der Waals surface area (Å²) in [6, 6.07) is 1.92. The molecule has 2 aromatic rings. The van der Waals surface area contributed by atoms with Crippen LogP contribution in [0.1, 0.15) is 44.8 Å². The first kappa shape index (κ1) is 17.1. The second-order valence-electron chi connectivity index (χ2n) is 6.42. The van der Waals surface area contributed by atoms with Gasteiger partial charge in [-0.15, -0.1) is 0 Å². The molecule has 7 heteroatoms. The number of amides is 1. The Morgan fingerprint density at radius 1 is 1.42 bits per heavy atom. The van der Waals surface area contributed by atoms with Crippen molar-refractivity contribution in [1.82, 2.24) is 19.4 Å². The largest absolute Gasteiger partial charge is 0.353 e. The smallest absolute Gasteiger partial charge is 0.278 e. The van der Waals surface area contributed by atoms with E-state index in [4.69, 9.17) is 0 Å².